The number of hydrogen-bond donors (Lipinski definition) is 1. The van der Waals surface area contributed by atoms with Crippen molar-refractivity contribution in [1.29, 1.82) is 0 Å². The Morgan fingerprint density at radius 1 is 1.05 bits per heavy atom. The fraction of sp³-hybridized carbons (Fsp3) is 0.222. The second-order valence-electron chi connectivity index (χ2n) is 4.88. The van der Waals surface area contributed by atoms with E-state index >= 15 is 0 Å². The van der Waals surface area contributed by atoms with E-state index in [9.17, 15) is 4.79 Å². The van der Waals surface area contributed by atoms with Gasteiger partial charge in [0.05, 0.1) is 12.3 Å². The van der Waals surface area contributed by atoms with Crippen LogP contribution in [0.25, 0.3) is 0 Å². The molecule has 22 heavy (non-hydrogen) atoms. The Labute approximate surface area is 130 Å². The van der Waals surface area contributed by atoms with E-state index in [0.29, 0.717) is 12.2 Å². The van der Waals surface area contributed by atoms with Gasteiger partial charge in [-0.3, -0.25) is 4.79 Å². The molecule has 0 heterocycles. The summed E-state index contributed by atoms with van der Waals surface area (Å²) in [5, 5.41) is 4.13. The van der Waals surface area contributed by atoms with Gasteiger partial charge in [-0.25, -0.2) is 5.43 Å². The van der Waals surface area contributed by atoms with Crippen molar-refractivity contribution in [3.05, 3.63) is 65.7 Å². The minimum atomic E-state index is -0.239. The van der Waals surface area contributed by atoms with E-state index < -0.39 is 0 Å². The molecule has 0 fully saturated rings. The number of hydrazone groups is 1. The van der Waals surface area contributed by atoms with Crippen LogP contribution in [0.15, 0.2) is 59.7 Å². The molecule has 0 saturated heterocycles. The van der Waals surface area contributed by atoms with Crippen LogP contribution in [0.4, 0.5) is 0 Å². The number of carbonyl (C=O) groups excluding carboxylic acids is 1. The van der Waals surface area contributed by atoms with Crippen LogP contribution in [-0.2, 0) is 0 Å². The molecule has 0 aliphatic rings. The first kappa shape index (κ1) is 15.8. The Kier molecular flexibility index (Phi) is 5.72. The standard InChI is InChI=1S/C18H20N2O2/c1-3-13-22-17-11-9-16(10-12-17)18(21)20-19-14(2)15-7-5-4-6-8-15/h4-12H,3,13H2,1-2H3,(H,20,21)/b19-14-. The molecule has 0 aliphatic carbocycles. The summed E-state index contributed by atoms with van der Waals surface area (Å²) in [6.07, 6.45) is 0.954. The minimum absolute atomic E-state index is 0.239. The lowest BCUT2D eigenvalue weighted by Gasteiger charge is -2.06. The fourth-order valence-electron chi connectivity index (χ4n) is 1.87. The lowest BCUT2D eigenvalue weighted by molar-refractivity contribution is 0.0955. The van der Waals surface area contributed by atoms with Crippen LogP contribution in [-0.4, -0.2) is 18.2 Å². The summed E-state index contributed by atoms with van der Waals surface area (Å²) in [4.78, 5) is 12.0. The molecule has 1 N–H and O–H groups in total. The Morgan fingerprint density at radius 3 is 2.36 bits per heavy atom. The predicted octanol–water partition coefficient (Wildman–Crippen LogP) is 3.63. The van der Waals surface area contributed by atoms with Crippen molar-refractivity contribution in [2.75, 3.05) is 6.61 Å². The molecule has 0 unspecified atom stereocenters. The van der Waals surface area contributed by atoms with Crippen LogP contribution in [0.3, 0.4) is 0 Å². The van der Waals surface area contributed by atoms with Crippen LogP contribution in [0, 0.1) is 0 Å². The van der Waals surface area contributed by atoms with Gasteiger partial charge in [-0.1, -0.05) is 37.3 Å². The Bertz CT molecular complexity index is 634. The number of hydrogen-bond acceptors (Lipinski definition) is 3. The van der Waals surface area contributed by atoms with Gasteiger partial charge >= 0.3 is 0 Å². The topological polar surface area (TPSA) is 50.7 Å². The molecule has 0 aliphatic heterocycles. The van der Waals surface area contributed by atoms with Crippen LogP contribution in [0.2, 0.25) is 0 Å². The molecule has 114 valence electrons. The molecule has 2 rings (SSSR count). The highest BCUT2D eigenvalue weighted by Gasteiger charge is 2.05. The molecule has 2 aromatic carbocycles. The quantitative estimate of drug-likeness (QED) is 0.653. The number of amides is 1. The highest BCUT2D eigenvalue weighted by molar-refractivity contribution is 6.00. The number of benzene rings is 2. The van der Waals surface area contributed by atoms with Crippen molar-refractivity contribution in [3.8, 4) is 5.75 Å². The fourth-order valence-corrected chi connectivity index (χ4v) is 1.87. The summed E-state index contributed by atoms with van der Waals surface area (Å²) in [6, 6.07) is 16.8. The predicted molar refractivity (Wildman–Crippen MR) is 88.3 cm³/mol. The van der Waals surface area contributed by atoms with Gasteiger partial charge in [-0.15, -0.1) is 0 Å². The molecule has 1 amide bonds. The van der Waals surface area contributed by atoms with Crippen LogP contribution >= 0.6 is 0 Å². The van der Waals surface area contributed by atoms with E-state index in [1.807, 2.05) is 37.3 Å². The third-order valence-electron chi connectivity index (χ3n) is 3.11. The molecular formula is C18H20N2O2. The Hall–Kier alpha value is -2.62. The molecule has 2 aromatic rings. The zero-order valence-electron chi connectivity index (χ0n) is 12.9. The normalized spacial score (nSPS) is 11.1. The zero-order chi connectivity index (χ0) is 15.8. The number of ether oxygens (including phenoxy) is 1. The largest absolute Gasteiger partial charge is 0.494 e. The second-order valence-corrected chi connectivity index (χ2v) is 4.88. The van der Waals surface area contributed by atoms with E-state index in [1.165, 1.54) is 0 Å². The number of nitrogens with one attached hydrogen (secondary N) is 1. The van der Waals surface area contributed by atoms with Gasteiger partial charge in [-0.2, -0.15) is 5.10 Å². The highest BCUT2D eigenvalue weighted by atomic mass is 16.5. The summed E-state index contributed by atoms with van der Waals surface area (Å²) in [6.45, 7) is 4.58. The third-order valence-corrected chi connectivity index (χ3v) is 3.11. The van der Waals surface area contributed by atoms with Crippen molar-refractivity contribution >= 4 is 11.6 Å². The lowest BCUT2D eigenvalue weighted by atomic mass is 10.1. The Morgan fingerprint density at radius 2 is 1.73 bits per heavy atom. The molecular weight excluding hydrogens is 276 g/mol. The van der Waals surface area contributed by atoms with Crippen molar-refractivity contribution in [3.63, 3.8) is 0 Å². The molecule has 0 saturated carbocycles. The first-order chi connectivity index (χ1) is 10.7. The second kappa shape index (κ2) is 7.98. The SMILES string of the molecule is CCCOc1ccc(C(=O)N/N=C(/C)c2ccccc2)cc1. The smallest absolute Gasteiger partial charge is 0.271 e. The highest BCUT2D eigenvalue weighted by Crippen LogP contribution is 2.12. The van der Waals surface area contributed by atoms with Crippen LogP contribution in [0.5, 0.6) is 5.75 Å². The minimum Gasteiger partial charge on any atom is -0.494 e. The van der Waals surface area contributed by atoms with Crippen LogP contribution in [0.1, 0.15) is 36.2 Å². The molecule has 0 radical (unpaired) electrons. The summed E-state index contributed by atoms with van der Waals surface area (Å²) in [5.74, 6) is 0.527. The first-order valence-corrected chi connectivity index (χ1v) is 7.33. The van der Waals surface area contributed by atoms with Gasteiger partial charge in [0.15, 0.2) is 0 Å². The van der Waals surface area contributed by atoms with E-state index in [1.54, 1.807) is 24.3 Å². The van der Waals surface area contributed by atoms with Crippen molar-refractivity contribution in [2.45, 2.75) is 20.3 Å². The summed E-state index contributed by atoms with van der Waals surface area (Å²) < 4.78 is 5.49. The van der Waals surface area contributed by atoms with Gasteiger partial charge in [0, 0.05) is 5.56 Å². The van der Waals surface area contributed by atoms with Gasteiger partial charge in [0.25, 0.3) is 5.91 Å². The average Bonchev–Trinajstić information content (AvgIpc) is 2.58. The number of rotatable bonds is 6. The van der Waals surface area contributed by atoms with E-state index in [-0.39, 0.29) is 5.91 Å². The summed E-state index contributed by atoms with van der Waals surface area (Å²) in [7, 11) is 0. The number of carbonyl (C=O) groups is 1. The average molecular weight is 296 g/mol. The molecule has 0 atom stereocenters. The van der Waals surface area contributed by atoms with Crippen LogP contribution < -0.4 is 10.2 Å². The lowest BCUT2D eigenvalue weighted by Crippen LogP contribution is -2.19. The molecule has 4 nitrogen and oxygen atoms in total. The van der Waals surface area contributed by atoms with Gasteiger partial charge in [-0.05, 0) is 43.2 Å². The maximum absolute atomic E-state index is 12.0. The van der Waals surface area contributed by atoms with E-state index in [2.05, 4.69) is 17.5 Å². The van der Waals surface area contributed by atoms with Crippen molar-refractivity contribution in [2.24, 2.45) is 5.10 Å². The van der Waals surface area contributed by atoms with E-state index in [4.69, 9.17) is 4.74 Å². The van der Waals surface area contributed by atoms with Gasteiger partial charge in [0.1, 0.15) is 5.75 Å². The van der Waals surface area contributed by atoms with Crippen molar-refractivity contribution in [1.82, 2.24) is 5.43 Å². The van der Waals surface area contributed by atoms with E-state index in [0.717, 1.165) is 23.4 Å². The Balaban J connectivity index is 1.97. The van der Waals surface area contributed by atoms with Gasteiger partial charge in [0.2, 0.25) is 0 Å². The van der Waals surface area contributed by atoms with Crippen molar-refractivity contribution < 1.29 is 9.53 Å². The summed E-state index contributed by atoms with van der Waals surface area (Å²) >= 11 is 0. The molecule has 0 aromatic heterocycles. The maximum atomic E-state index is 12.0. The maximum Gasteiger partial charge on any atom is 0.271 e. The summed E-state index contributed by atoms with van der Waals surface area (Å²) in [5.41, 5.74) is 4.86. The molecule has 0 spiro atoms. The monoisotopic (exact) mass is 296 g/mol. The molecule has 0 bridgehead atoms. The number of nitrogens with zero attached hydrogens (tertiary/aromatic N) is 1. The molecule has 4 heteroatoms. The third kappa shape index (κ3) is 4.45. The zero-order valence-corrected chi connectivity index (χ0v) is 12.9. The van der Waals surface area contributed by atoms with Gasteiger partial charge < -0.3 is 4.74 Å². The first-order valence-electron chi connectivity index (χ1n) is 7.33.